The average Bonchev–Trinajstić information content (AvgIpc) is 2.63. The number of ether oxygens (including phenoxy) is 1. The highest BCUT2D eigenvalue weighted by Crippen LogP contribution is 2.38. The van der Waals surface area contributed by atoms with Gasteiger partial charge in [-0.1, -0.05) is 18.5 Å². The highest BCUT2D eigenvalue weighted by Gasteiger charge is 2.35. The third kappa shape index (κ3) is 4.03. The zero-order valence-corrected chi connectivity index (χ0v) is 15.5. The number of aromatic carboxylic acids is 1. The van der Waals surface area contributed by atoms with E-state index in [4.69, 9.17) is 9.39 Å². The largest absolute Gasteiger partial charge is 0.669 e. The lowest BCUT2D eigenvalue weighted by atomic mass is 9.70. The van der Waals surface area contributed by atoms with E-state index in [2.05, 4.69) is 4.98 Å². The number of pyridine rings is 1. The first-order valence-electron chi connectivity index (χ1n) is 9.33. The van der Waals surface area contributed by atoms with Crippen molar-refractivity contribution in [1.82, 2.24) is 9.88 Å². The molecule has 2 aliphatic heterocycles. The number of rotatable bonds is 5. The minimum absolute atomic E-state index is 0.0130. The van der Waals surface area contributed by atoms with Gasteiger partial charge in [-0.05, 0) is 30.2 Å². The number of carbonyl (C=O) groups is 2. The summed E-state index contributed by atoms with van der Waals surface area (Å²) in [5, 5.41) is 31.2. The Morgan fingerprint density at radius 2 is 2.07 bits per heavy atom. The van der Waals surface area contributed by atoms with E-state index < -0.39 is 12.7 Å². The Morgan fingerprint density at radius 3 is 2.76 bits per heavy atom. The highest BCUT2D eigenvalue weighted by molar-refractivity contribution is 6.59. The summed E-state index contributed by atoms with van der Waals surface area (Å²) in [4.78, 5) is 29.7. The Balaban J connectivity index is 1.43. The second-order valence-electron chi connectivity index (χ2n) is 7.27. The van der Waals surface area contributed by atoms with Crippen LogP contribution in [0.25, 0.3) is 0 Å². The number of carbonyl (C=O) groups excluding carboxylic acids is 2. The predicted molar refractivity (Wildman–Crippen MR) is 99.0 cm³/mol. The van der Waals surface area contributed by atoms with Crippen molar-refractivity contribution in [3.63, 3.8) is 0 Å². The number of aromatic nitrogens is 1. The lowest BCUT2D eigenvalue weighted by Crippen LogP contribution is -2.56. The quantitative estimate of drug-likeness (QED) is 0.622. The lowest BCUT2D eigenvalue weighted by Gasteiger charge is -2.41. The Morgan fingerprint density at radius 1 is 1.28 bits per heavy atom. The van der Waals surface area contributed by atoms with E-state index >= 15 is 0 Å². The Labute approximate surface area is 166 Å². The van der Waals surface area contributed by atoms with Gasteiger partial charge >= 0.3 is 6.75 Å². The fourth-order valence-electron chi connectivity index (χ4n) is 3.49. The molecule has 0 unspecified atom stereocenters. The molecule has 1 amide bonds. The average molecular weight is 398 g/mol. The van der Waals surface area contributed by atoms with Gasteiger partial charge in [0, 0.05) is 11.9 Å². The lowest BCUT2D eigenvalue weighted by molar-refractivity contribution is -0.255. The molecule has 1 aromatic heterocycles. The van der Waals surface area contributed by atoms with E-state index in [0.717, 1.165) is 0 Å². The fraction of sp³-hybridized carbons (Fsp3) is 0.316. The van der Waals surface area contributed by atoms with Gasteiger partial charge in [0.15, 0.2) is 0 Å². The molecule has 0 aliphatic carbocycles. The summed E-state index contributed by atoms with van der Waals surface area (Å²) in [6.07, 6.45) is 1.67. The molecular formula is C19H19BN2O7-2. The maximum Gasteiger partial charge on any atom is 0.430 e. The minimum Gasteiger partial charge on any atom is -0.669 e. The monoisotopic (exact) mass is 398 g/mol. The van der Waals surface area contributed by atoms with Crippen molar-refractivity contribution in [2.45, 2.75) is 25.3 Å². The van der Waals surface area contributed by atoms with E-state index in [1.54, 1.807) is 29.3 Å². The molecule has 0 spiro atoms. The molecule has 0 bridgehead atoms. The van der Waals surface area contributed by atoms with Crippen LogP contribution < -0.4 is 14.5 Å². The summed E-state index contributed by atoms with van der Waals surface area (Å²) in [5.41, 5.74) is 0.860. The van der Waals surface area contributed by atoms with Crippen molar-refractivity contribution in [3.8, 4) is 11.5 Å². The first-order valence-corrected chi connectivity index (χ1v) is 9.33. The molecule has 10 heteroatoms. The zero-order chi connectivity index (χ0) is 20.6. The van der Waals surface area contributed by atoms with E-state index in [1.807, 2.05) is 6.07 Å². The summed E-state index contributed by atoms with van der Waals surface area (Å²) in [6.45, 7) is -2.50. The smallest absolute Gasteiger partial charge is 0.430 e. The van der Waals surface area contributed by atoms with Crippen molar-refractivity contribution < 1.29 is 34.1 Å². The maximum atomic E-state index is 12.3. The number of nitrogens with zero attached hydrogens (tertiary/aromatic N) is 2. The zero-order valence-electron chi connectivity index (χ0n) is 15.5. The molecule has 0 saturated carbocycles. The number of benzene rings is 1. The number of carboxylic acids is 1. The number of fused-ring (bicyclic) bond motifs is 1. The predicted octanol–water partition coefficient (Wildman–Crippen LogP) is -0.864. The third-order valence-electron chi connectivity index (χ3n) is 5.05. The van der Waals surface area contributed by atoms with Crippen LogP contribution in [-0.2, 0) is 17.6 Å². The van der Waals surface area contributed by atoms with Gasteiger partial charge in [0.2, 0.25) is 5.91 Å². The van der Waals surface area contributed by atoms with Crippen LogP contribution in [0, 0.1) is 0 Å². The molecule has 29 heavy (non-hydrogen) atoms. The molecule has 3 heterocycles. The normalized spacial score (nSPS) is 17.7. The Kier molecular flexibility index (Phi) is 4.89. The summed E-state index contributed by atoms with van der Waals surface area (Å²) in [7, 11) is 0. The second-order valence-corrected chi connectivity index (χ2v) is 7.27. The SMILES string of the molecule is O=C([O-])c1c(OC2CN(C(=O)Cc3ccccn3)C2)ccc2c1O[B-](O)(O)CC2. The molecule has 2 N–H and O–H groups in total. The van der Waals surface area contributed by atoms with Crippen LogP contribution in [0.1, 0.15) is 21.6 Å². The fourth-order valence-corrected chi connectivity index (χ4v) is 3.49. The Hall–Kier alpha value is -3.11. The number of carboxylic acid groups (broad SMARTS) is 1. The van der Waals surface area contributed by atoms with Crippen LogP contribution in [0.15, 0.2) is 36.5 Å². The second kappa shape index (κ2) is 7.38. The third-order valence-corrected chi connectivity index (χ3v) is 5.05. The van der Waals surface area contributed by atoms with Crippen molar-refractivity contribution in [3.05, 3.63) is 53.3 Å². The van der Waals surface area contributed by atoms with Gasteiger partial charge in [-0.2, -0.15) is 0 Å². The van der Waals surface area contributed by atoms with Crippen LogP contribution in [0.5, 0.6) is 11.5 Å². The summed E-state index contributed by atoms with van der Waals surface area (Å²) < 4.78 is 10.9. The molecule has 0 atom stereocenters. The Bertz CT molecular complexity index is 945. The van der Waals surface area contributed by atoms with Crippen molar-refractivity contribution in [1.29, 1.82) is 0 Å². The van der Waals surface area contributed by atoms with Gasteiger partial charge in [-0.15, -0.1) is 0 Å². The highest BCUT2D eigenvalue weighted by atomic mass is 16.6. The summed E-state index contributed by atoms with van der Waals surface area (Å²) >= 11 is 0. The van der Waals surface area contributed by atoms with Crippen molar-refractivity contribution >= 4 is 18.6 Å². The van der Waals surface area contributed by atoms with Crippen LogP contribution in [-0.4, -0.2) is 57.8 Å². The van der Waals surface area contributed by atoms with E-state index in [9.17, 15) is 24.7 Å². The molecule has 4 rings (SSSR count). The number of hydrogen-bond donors (Lipinski definition) is 2. The van der Waals surface area contributed by atoms with Crippen LogP contribution >= 0.6 is 0 Å². The van der Waals surface area contributed by atoms with Gasteiger partial charge in [-0.25, -0.2) is 0 Å². The molecule has 2 aromatic rings. The maximum absolute atomic E-state index is 12.3. The summed E-state index contributed by atoms with van der Waals surface area (Å²) in [5.74, 6) is -1.75. The first kappa shape index (κ1) is 19.2. The molecule has 1 aromatic carbocycles. The molecule has 2 aliphatic rings. The van der Waals surface area contributed by atoms with Gasteiger partial charge in [0.25, 0.3) is 0 Å². The van der Waals surface area contributed by atoms with E-state index in [1.165, 1.54) is 6.07 Å². The van der Waals surface area contributed by atoms with Crippen LogP contribution in [0.2, 0.25) is 6.32 Å². The molecule has 1 saturated heterocycles. The number of aryl methyl sites for hydroxylation is 1. The molecular weight excluding hydrogens is 379 g/mol. The standard InChI is InChI=1S/C19H20BN2O7/c23-16(9-13-3-1-2-8-21-13)22-10-14(11-22)28-15-5-4-12-6-7-20(26,27)29-18(12)17(15)19(24)25/h1-5,8,14,26-27H,6-7,9-11H2,(H,24,25)/q-1/p-1. The number of likely N-dealkylation sites (tertiary alicyclic amines) is 1. The summed E-state index contributed by atoms with van der Waals surface area (Å²) in [6, 6.07) is 8.49. The van der Waals surface area contributed by atoms with Gasteiger partial charge < -0.3 is 34.2 Å². The topological polar surface area (TPSA) is 132 Å². The van der Waals surface area contributed by atoms with Gasteiger partial charge in [-0.3, -0.25) is 9.78 Å². The number of hydrogen-bond acceptors (Lipinski definition) is 8. The molecule has 152 valence electrons. The molecule has 1 fully saturated rings. The first-order chi connectivity index (χ1) is 13.8. The van der Waals surface area contributed by atoms with E-state index in [-0.39, 0.29) is 48.2 Å². The molecule has 0 radical (unpaired) electrons. The minimum atomic E-state index is -3.12. The van der Waals surface area contributed by atoms with E-state index in [0.29, 0.717) is 24.3 Å². The van der Waals surface area contributed by atoms with Crippen molar-refractivity contribution in [2.24, 2.45) is 0 Å². The van der Waals surface area contributed by atoms with Gasteiger partial charge in [0.1, 0.15) is 11.9 Å². The van der Waals surface area contributed by atoms with Crippen molar-refractivity contribution in [2.75, 3.05) is 13.1 Å². The number of amides is 1. The van der Waals surface area contributed by atoms with Crippen LogP contribution in [0.3, 0.4) is 0 Å². The van der Waals surface area contributed by atoms with Gasteiger partial charge in [0.05, 0.1) is 36.8 Å². The van der Waals surface area contributed by atoms with Crippen LogP contribution in [0.4, 0.5) is 0 Å². The molecule has 9 nitrogen and oxygen atoms in total.